The van der Waals surface area contributed by atoms with Crippen LogP contribution in [0.2, 0.25) is 0 Å². The van der Waals surface area contributed by atoms with E-state index in [0.717, 1.165) is 12.8 Å². The standard InChI is InChI=1S/C13H24N2O4S/c1-4-10(5-2)13(17)14-8-12(16)15(3)11-6-7-20(18,19)9-11/h10-11H,4-9H2,1-3H3,(H,14,17). The fraction of sp³-hybridized carbons (Fsp3) is 0.846. The Kier molecular flexibility index (Phi) is 5.98. The number of likely N-dealkylation sites (N-methyl/N-ethyl adjacent to an activating group) is 1. The van der Waals surface area contributed by atoms with Gasteiger partial charge in [-0.1, -0.05) is 13.8 Å². The Morgan fingerprint density at radius 2 is 1.90 bits per heavy atom. The molecule has 1 aliphatic heterocycles. The maximum Gasteiger partial charge on any atom is 0.241 e. The van der Waals surface area contributed by atoms with Gasteiger partial charge in [0.2, 0.25) is 11.8 Å². The summed E-state index contributed by atoms with van der Waals surface area (Å²) in [5, 5.41) is 2.63. The van der Waals surface area contributed by atoms with Crippen LogP contribution < -0.4 is 5.32 Å². The summed E-state index contributed by atoms with van der Waals surface area (Å²) in [5.41, 5.74) is 0. The molecule has 1 heterocycles. The molecule has 0 aromatic rings. The summed E-state index contributed by atoms with van der Waals surface area (Å²) in [6.45, 7) is 3.80. The Balaban J connectivity index is 2.45. The fourth-order valence-corrected chi connectivity index (χ4v) is 4.15. The van der Waals surface area contributed by atoms with Crippen molar-refractivity contribution in [2.75, 3.05) is 25.1 Å². The number of rotatable bonds is 6. The van der Waals surface area contributed by atoms with Crippen LogP contribution in [0.4, 0.5) is 0 Å². The Labute approximate surface area is 120 Å². The normalized spacial score (nSPS) is 20.9. The first-order valence-corrected chi connectivity index (χ1v) is 8.86. The highest BCUT2D eigenvalue weighted by molar-refractivity contribution is 7.91. The van der Waals surface area contributed by atoms with Crippen molar-refractivity contribution >= 4 is 21.7 Å². The summed E-state index contributed by atoms with van der Waals surface area (Å²) in [7, 11) is -1.41. The van der Waals surface area contributed by atoms with Gasteiger partial charge >= 0.3 is 0 Å². The minimum absolute atomic E-state index is 0.0235. The van der Waals surface area contributed by atoms with E-state index in [1.165, 1.54) is 4.90 Å². The van der Waals surface area contributed by atoms with Gasteiger partial charge in [0.15, 0.2) is 9.84 Å². The molecule has 1 N–H and O–H groups in total. The first-order valence-electron chi connectivity index (χ1n) is 7.04. The molecule has 0 radical (unpaired) electrons. The van der Waals surface area contributed by atoms with E-state index in [1.807, 2.05) is 13.8 Å². The molecule has 20 heavy (non-hydrogen) atoms. The van der Waals surface area contributed by atoms with Crippen LogP contribution in [0.1, 0.15) is 33.1 Å². The zero-order valence-electron chi connectivity index (χ0n) is 12.4. The van der Waals surface area contributed by atoms with Gasteiger partial charge in [-0.15, -0.1) is 0 Å². The van der Waals surface area contributed by atoms with Crippen LogP contribution in [0.25, 0.3) is 0 Å². The number of carbonyl (C=O) groups excluding carboxylic acids is 2. The quantitative estimate of drug-likeness (QED) is 0.759. The van der Waals surface area contributed by atoms with E-state index in [1.54, 1.807) is 7.05 Å². The highest BCUT2D eigenvalue weighted by Gasteiger charge is 2.32. The third-order valence-corrected chi connectivity index (χ3v) is 5.67. The third kappa shape index (κ3) is 4.47. The topological polar surface area (TPSA) is 83.6 Å². The van der Waals surface area contributed by atoms with Crippen LogP contribution in [-0.2, 0) is 19.4 Å². The largest absolute Gasteiger partial charge is 0.347 e. The molecule has 0 aliphatic carbocycles. The van der Waals surface area contributed by atoms with Crippen molar-refractivity contribution in [3.05, 3.63) is 0 Å². The molecular weight excluding hydrogens is 280 g/mol. The zero-order valence-corrected chi connectivity index (χ0v) is 13.2. The number of carbonyl (C=O) groups is 2. The van der Waals surface area contributed by atoms with Crippen LogP contribution in [-0.4, -0.2) is 56.3 Å². The van der Waals surface area contributed by atoms with Crippen molar-refractivity contribution in [1.82, 2.24) is 10.2 Å². The highest BCUT2D eigenvalue weighted by atomic mass is 32.2. The Morgan fingerprint density at radius 1 is 1.30 bits per heavy atom. The minimum atomic E-state index is -3.01. The van der Waals surface area contributed by atoms with Gasteiger partial charge in [-0.2, -0.15) is 0 Å². The maximum absolute atomic E-state index is 12.0. The van der Waals surface area contributed by atoms with E-state index >= 15 is 0 Å². The molecule has 1 saturated heterocycles. The van der Waals surface area contributed by atoms with E-state index < -0.39 is 9.84 Å². The van der Waals surface area contributed by atoms with Crippen LogP contribution in [0.15, 0.2) is 0 Å². The lowest BCUT2D eigenvalue weighted by Crippen LogP contribution is -2.44. The van der Waals surface area contributed by atoms with Gasteiger partial charge in [-0.05, 0) is 19.3 Å². The molecule has 7 heteroatoms. The maximum atomic E-state index is 12.0. The molecule has 6 nitrogen and oxygen atoms in total. The van der Waals surface area contributed by atoms with E-state index in [9.17, 15) is 18.0 Å². The number of nitrogens with one attached hydrogen (secondary N) is 1. The number of nitrogens with zero attached hydrogens (tertiary/aromatic N) is 1. The smallest absolute Gasteiger partial charge is 0.241 e. The van der Waals surface area contributed by atoms with Gasteiger partial charge in [-0.25, -0.2) is 8.42 Å². The molecule has 1 unspecified atom stereocenters. The molecular formula is C13H24N2O4S. The summed E-state index contributed by atoms with van der Waals surface area (Å²) < 4.78 is 22.8. The molecule has 2 amide bonds. The van der Waals surface area contributed by atoms with Crippen LogP contribution >= 0.6 is 0 Å². The number of hydrogen-bond acceptors (Lipinski definition) is 4. The lowest BCUT2D eigenvalue weighted by atomic mass is 10.0. The monoisotopic (exact) mass is 304 g/mol. The molecule has 0 aromatic carbocycles. The van der Waals surface area contributed by atoms with E-state index in [0.29, 0.717) is 6.42 Å². The van der Waals surface area contributed by atoms with E-state index in [-0.39, 0.29) is 41.8 Å². The van der Waals surface area contributed by atoms with Crippen molar-refractivity contribution in [3.8, 4) is 0 Å². The van der Waals surface area contributed by atoms with Gasteiger partial charge in [0.25, 0.3) is 0 Å². The Hall–Kier alpha value is -1.11. The predicted molar refractivity (Wildman–Crippen MR) is 76.9 cm³/mol. The van der Waals surface area contributed by atoms with Crippen LogP contribution in [0.3, 0.4) is 0 Å². The van der Waals surface area contributed by atoms with Crippen molar-refractivity contribution in [2.24, 2.45) is 5.92 Å². The van der Waals surface area contributed by atoms with E-state index in [2.05, 4.69) is 5.32 Å². The van der Waals surface area contributed by atoms with Crippen molar-refractivity contribution < 1.29 is 18.0 Å². The van der Waals surface area contributed by atoms with Crippen molar-refractivity contribution in [1.29, 1.82) is 0 Å². The second-order valence-electron chi connectivity index (χ2n) is 5.29. The number of amides is 2. The molecule has 0 bridgehead atoms. The Bertz CT molecular complexity index is 457. The van der Waals surface area contributed by atoms with Gasteiger partial charge in [0.05, 0.1) is 18.1 Å². The molecule has 1 fully saturated rings. The van der Waals surface area contributed by atoms with Crippen LogP contribution in [0.5, 0.6) is 0 Å². The van der Waals surface area contributed by atoms with Gasteiger partial charge in [-0.3, -0.25) is 9.59 Å². The lowest BCUT2D eigenvalue weighted by molar-refractivity contribution is -0.134. The third-order valence-electron chi connectivity index (χ3n) is 3.92. The minimum Gasteiger partial charge on any atom is -0.347 e. The van der Waals surface area contributed by atoms with Gasteiger partial charge < -0.3 is 10.2 Å². The van der Waals surface area contributed by atoms with E-state index in [4.69, 9.17) is 0 Å². The lowest BCUT2D eigenvalue weighted by Gasteiger charge is -2.24. The first-order chi connectivity index (χ1) is 9.30. The number of sulfone groups is 1. The molecule has 0 spiro atoms. The second kappa shape index (κ2) is 7.06. The average molecular weight is 304 g/mol. The molecule has 1 atom stereocenters. The molecule has 0 aromatic heterocycles. The fourth-order valence-electron chi connectivity index (χ4n) is 2.38. The first kappa shape index (κ1) is 16.9. The summed E-state index contributed by atoms with van der Waals surface area (Å²) in [6, 6.07) is -0.266. The van der Waals surface area contributed by atoms with Crippen molar-refractivity contribution in [2.45, 2.75) is 39.2 Å². The van der Waals surface area contributed by atoms with Gasteiger partial charge in [0.1, 0.15) is 0 Å². The molecule has 1 rings (SSSR count). The molecule has 1 aliphatic rings. The van der Waals surface area contributed by atoms with Gasteiger partial charge in [0, 0.05) is 19.0 Å². The Morgan fingerprint density at radius 3 is 2.35 bits per heavy atom. The molecule has 116 valence electrons. The second-order valence-corrected chi connectivity index (χ2v) is 7.52. The van der Waals surface area contributed by atoms with Crippen LogP contribution in [0, 0.1) is 5.92 Å². The number of hydrogen-bond donors (Lipinski definition) is 1. The highest BCUT2D eigenvalue weighted by Crippen LogP contribution is 2.16. The summed E-state index contributed by atoms with van der Waals surface area (Å²) in [5.74, 6) is -0.271. The van der Waals surface area contributed by atoms with Crippen molar-refractivity contribution in [3.63, 3.8) is 0 Å². The summed E-state index contributed by atoms with van der Waals surface area (Å²) >= 11 is 0. The average Bonchev–Trinajstić information content (AvgIpc) is 2.76. The summed E-state index contributed by atoms with van der Waals surface area (Å²) in [6.07, 6.45) is 1.96. The predicted octanol–water partition coefficient (Wildman–Crippen LogP) is 0.184. The zero-order chi connectivity index (χ0) is 15.3. The SMILES string of the molecule is CCC(CC)C(=O)NCC(=O)N(C)C1CCS(=O)(=O)C1. The molecule has 0 saturated carbocycles. The summed E-state index contributed by atoms with van der Waals surface area (Å²) in [4.78, 5) is 25.2.